The molecule has 3 heteroatoms. The first-order valence-electron chi connectivity index (χ1n) is 6.74. The number of hydrogen-bond donors (Lipinski definition) is 1. The van der Waals surface area contributed by atoms with Crippen LogP contribution in [0, 0.1) is 12.8 Å². The molecule has 100 valence electrons. The van der Waals surface area contributed by atoms with Crippen LogP contribution in [0.15, 0.2) is 18.2 Å². The van der Waals surface area contributed by atoms with Gasteiger partial charge in [0.1, 0.15) is 0 Å². The van der Waals surface area contributed by atoms with E-state index in [-0.39, 0.29) is 12.1 Å². The van der Waals surface area contributed by atoms with Crippen molar-refractivity contribution < 1.29 is 4.74 Å². The molecule has 2 unspecified atom stereocenters. The zero-order valence-corrected chi connectivity index (χ0v) is 11.9. The number of benzene rings is 1. The average Bonchev–Trinajstić information content (AvgIpc) is 3.13. The molecule has 0 amide bonds. The molecule has 1 aliphatic rings. The van der Waals surface area contributed by atoms with E-state index in [9.17, 15) is 0 Å². The van der Waals surface area contributed by atoms with Crippen molar-refractivity contribution >= 4 is 11.6 Å². The Balaban J connectivity index is 2.02. The smallest absolute Gasteiger partial charge is 0.0757 e. The molecule has 18 heavy (non-hydrogen) atoms. The van der Waals surface area contributed by atoms with E-state index in [1.807, 2.05) is 19.9 Å². The van der Waals surface area contributed by atoms with Crippen molar-refractivity contribution in [1.29, 1.82) is 0 Å². The Bertz CT molecular complexity index is 403. The third kappa shape index (κ3) is 3.47. The Kier molecular flexibility index (Phi) is 4.66. The molecule has 1 saturated carbocycles. The molecule has 0 radical (unpaired) electrons. The number of halogens is 1. The zero-order chi connectivity index (χ0) is 13.1. The molecule has 2 atom stereocenters. The van der Waals surface area contributed by atoms with Gasteiger partial charge in [-0.2, -0.15) is 0 Å². The second kappa shape index (κ2) is 6.05. The number of rotatable bonds is 6. The highest BCUT2D eigenvalue weighted by molar-refractivity contribution is 6.31. The van der Waals surface area contributed by atoms with Crippen LogP contribution in [-0.2, 0) is 11.2 Å². The van der Waals surface area contributed by atoms with Crippen molar-refractivity contribution in [3.8, 4) is 0 Å². The summed E-state index contributed by atoms with van der Waals surface area (Å²) in [6.07, 6.45) is 3.48. The SMILES string of the molecule is CCOC(C(N)Cc1ccc(C)cc1Cl)C1CC1. The number of ether oxygens (including phenoxy) is 1. The van der Waals surface area contributed by atoms with Crippen molar-refractivity contribution in [1.82, 2.24) is 0 Å². The van der Waals surface area contributed by atoms with Gasteiger partial charge in [-0.05, 0) is 56.2 Å². The summed E-state index contributed by atoms with van der Waals surface area (Å²) in [5.74, 6) is 0.657. The van der Waals surface area contributed by atoms with Gasteiger partial charge in [-0.1, -0.05) is 23.7 Å². The molecule has 1 aromatic rings. The molecule has 0 heterocycles. The van der Waals surface area contributed by atoms with E-state index in [1.54, 1.807) is 0 Å². The van der Waals surface area contributed by atoms with E-state index in [0.717, 1.165) is 23.6 Å². The van der Waals surface area contributed by atoms with E-state index in [0.29, 0.717) is 5.92 Å². The van der Waals surface area contributed by atoms with Gasteiger partial charge in [0.2, 0.25) is 0 Å². The standard InChI is InChI=1S/C15H22ClNO/c1-3-18-15(11-6-7-11)14(17)9-12-5-4-10(2)8-13(12)16/h4-5,8,11,14-15H,3,6-7,9,17H2,1-2H3. The monoisotopic (exact) mass is 267 g/mol. The second-order valence-electron chi connectivity index (χ2n) is 5.22. The minimum atomic E-state index is 0.0395. The molecule has 1 fully saturated rings. The van der Waals surface area contributed by atoms with Crippen molar-refractivity contribution in [3.05, 3.63) is 34.3 Å². The Morgan fingerprint density at radius 3 is 2.72 bits per heavy atom. The molecule has 0 spiro atoms. The largest absolute Gasteiger partial charge is 0.377 e. The summed E-state index contributed by atoms with van der Waals surface area (Å²) in [4.78, 5) is 0. The summed E-state index contributed by atoms with van der Waals surface area (Å²) in [7, 11) is 0. The third-order valence-electron chi connectivity index (χ3n) is 3.53. The lowest BCUT2D eigenvalue weighted by molar-refractivity contribution is 0.0288. The minimum absolute atomic E-state index is 0.0395. The Morgan fingerprint density at radius 2 is 2.17 bits per heavy atom. The molecule has 2 rings (SSSR count). The van der Waals surface area contributed by atoms with Gasteiger partial charge in [0.15, 0.2) is 0 Å². The Hall–Kier alpha value is -0.570. The van der Waals surface area contributed by atoms with Gasteiger partial charge < -0.3 is 10.5 Å². The molecule has 1 aliphatic carbocycles. The highest BCUT2D eigenvalue weighted by Crippen LogP contribution is 2.36. The van der Waals surface area contributed by atoms with E-state index in [4.69, 9.17) is 22.1 Å². The number of hydrogen-bond acceptors (Lipinski definition) is 2. The summed E-state index contributed by atoms with van der Waals surface area (Å²) < 4.78 is 5.80. The van der Waals surface area contributed by atoms with Crippen LogP contribution in [0.5, 0.6) is 0 Å². The third-order valence-corrected chi connectivity index (χ3v) is 3.88. The summed E-state index contributed by atoms with van der Waals surface area (Å²) in [5, 5.41) is 0.816. The van der Waals surface area contributed by atoms with Crippen LogP contribution in [0.1, 0.15) is 30.9 Å². The van der Waals surface area contributed by atoms with Gasteiger partial charge >= 0.3 is 0 Å². The molecular weight excluding hydrogens is 246 g/mol. The summed E-state index contributed by atoms with van der Waals surface area (Å²) in [6, 6.07) is 6.20. The van der Waals surface area contributed by atoms with Gasteiger partial charge in [0, 0.05) is 17.7 Å². The van der Waals surface area contributed by atoms with Crippen LogP contribution in [0.25, 0.3) is 0 Å². The number of nitrogens with two attached hydrogens (primary N) is 1. The van der Waals surface area contributed by atoms with Gasteiger partial charge in [-0.25, -0.2) is 0 Å². The fourth-order valence-electron chi connectivity index (χ4n) is 2.41. The first-order chi connectivity index (χ1) is 8.61. The lowest BCUT2D eigenvalue weighted by Gasteiger charge is -2.24. The van der Waals surface area contributed by atoms with E-state index in [1.165, 1.54) is 18.4 Å². The van der Waals surface area contributed by atoms with Crippen molar-refractivity contribution in [2.45, 2.75) is 45.3 Å². The van der Waals surface area contributed by atoms with E-state index >= 15 is 0 Å². The zero-order valence-electron chi connectivity index (χ0n) is 11.2. The lowest BCUT2D eigenvalue weighted by Crippen LogP contribution is -2.40. The molecule has 0 saturated heterocycles. The quantitative estimate of drug-likeness (QED) is 0.858. The Morgan fingerprint density at radius 1 is 1.44 bits per heavy atom. The van der Waals surface area contributed by atoms with Gasteiger partial charge in [-0.15, -0.1) is 0 Å². The predicted octanol–water partition coefficient (Wildman–Crippen LogP) is 3.33. The summed E-state index contributed by atoms with van der Waals surface area (Å²) in [5.41, 5.74) is 8.61. The molecule has 2 N–H and O–H groups in total. The van der Waals surface area contributed by atoms with Gasteiger partial charge in [0.05, 0.1) is 6.10 Å². The number of aryl methyl sites for hydroxylation is 1. The van der Waals surface area contributed by atoms with Crippen LogP contribution in [0.4, 0.5) is 0 Å². The van der Waals surface area contributed by atoms with E-state index < -0.39 is 0 Å². The fraction of sp³-hybridized carbons (Fsp3) is 0.600. The molecule has 2 nitrogen and oxygen atoms in total. The fourth-order valence-corrected chi connectivity index (χ4v) is 2.73. The van der Waals surface area contributed by atoms with Crippen molar-refractivity contribution in [2.75, 3.05) is 6.61 Å². The van der Waals surface area contributed by atoms with Crippen LogP contribution in [0.3, 0.4) is 0 Å². The van der Waals surface area contributed by atoms with E-state index in [2.05, 4.69) is 12.1 Å². The molecule has 0 aromatic heterocycles. The topological polar surface area (TPSA) is 35.2 Å². The highest BCUT2D eigenvalue weighted by atomic mass is 35.5. The highest BCUT2D eigenvalue weighted by Gasteiger charge is 2.35. The van der Waals surface area contributed by atoms with Crippen LogP contribution in [0.2, 0.25) is 5.02 Å². The van der Waals surface area contributed by atoms with Crippen molar-refractivity contribution in [3.63, 3.8) is 0 Å². The lowest BCUT2D eigenvalue weighted by atomic mass is 9.98. The first kappa shape index (κ1) is 13.9. The maximum atomic E-state index is 6.30. The second-order valence-corrected chi connectivity index (χ2v) is 5.63. The maximum Gasteiger partial charge on any atom is 0.0757 e. The maximum absolute atomic E-state index is 6.30. The average molecular weight is 268 g/mol. The Labute approximate surface area is 114 Å². The molecular formula is C15H22ClNO. The molecule has 0 aliphatic heterocycles. The first-order valence-corrected chi connectivity index (χ1v) is 7.11. The normalized spacial score (nSPS) is 18.7. The van der Waals surface area contributed by atoms with Gasteiger partial charge in [-0.3, -0.25) is 0 Å². The van der Waals surface area contributed by atoms with Crippen molar-refractivity contribution in [2.24, 2.45) is 11.7 Å². The predicted molar refractivity (Wildman–Crippen MR) is 76.0 cm³/mol. The molecule has 0 bridgehead atoms. The molecule has 1 aromatic carbocycles. The van der Waals surface area contributed by atoms with Crippen LogP contribution < -0.4 is 5.73 Å². The van der Waals surface area contributed by atoms with Crippen LogP contribution in [-0.4, -0.2) is 18.8 Å². The minimum Gasteiger partial charge on any atom is -0.377 e. The van der Waals surface area contributed by atoms with Gasteiger partial charge in [0.25, 0.3) is 0 Å². The van der Waals surface area contributed by atoms with Crippen LogP contribution >= 0.6 is 11.6 Å². The summed E-state index contributed by atoms with van der Waals surface area (Å²) >= 11 is 6.25. The summed E-state index contributed by atoms with van der Waals surface area (Å²) in [6.45, 7) is 4.81.